The molecule has 0 aliphatic rings. The average Bonchev–Trinajstić information content (AvgIpc) is 3.05. The molecule has 0 atom stereocenters. The van der Waals surface area contributed by atoms with Crippen molar-refractivity contribution in [1.29, 1.82) is 0 Å². The van der Waals surface area contributed by atoms with E-state index < -0.39 is 0 Å². The molecule has 40 heavy (non-hydrogen) atoms. The minimum atomic E-state index is 0.700. The van der Waals surface area contributed by atoms with Crippen LogP contribution >= 0.6 is 0 Å². The minimum absolute atomic E-state index is 0.700. The molecular weight excluding hydrogens is 488 g/mol. The zero-order valence-corrected chi connectivity index (χ0v) is 21.6. The first kappa shape index (κ1) is 23.6. The van der Waals surface area contributed by atoms with Crippen molar-refractivity contribution >= 4 is 10.8 Å². The van der Waals surface area contributed by atoms with Crippen molar-refractivity contribution in [2.24, 2.45) is 0 Å². The minimum Gasteiger partial charge on any atom is -0.264 e. The Morgan fingerprint density at radius 2 is 0.850 bits per heavy atom. The molecule has 4 heteroatoms. The first-order valence-electron chi connectivity index (χ1n) is 13.2. The zero-order chi connectivity index (χ0) is 26.7. The molecule has 0 unspecified atom stereocenters. The fourth-order valence-corrected chi connectivity index (χ4v) is 4.93. The van der Waals surface area contributed by atoms with Gasteiger partial charge in [-0.1, -0.05) is 97.1 Å². The van der Waals surface area contributed by atoms with Crippen LogP contribution in [0.25, 0.3) is 66.9 Å². The molecule has 7 aromatic rings. The summed E-state index contributed by atoms with van der Waals surface area (Å²) in [4.78, 5) is 18.6. The van der Waals surface area contributed by atoms with Crippen LogP contribution < -0.4 is 0 Å². The molecule has 0 fully saturated rings. The van der Waals surface area contributed by atoms with Gasteiger partial charge in [0.2, 0.25) is 0 Å². The van der Waals surface area contributed by atoms with Crippen LogP contribution in [-0.2, 0) is 0 Å². The Morgan fingerprint density at radius 3 is 1.38 bits per heavy atom. The highest BCUT2D eigenvalue weighted by Gasteiger charge is 2.12. The highest BCUT2D eigenvalue weighted by Crippen LogP contribution is 2.31. The zero-order valence-electron chi connectivity index (χ0n) is 21.6. The number of pyridine rings is 2. The number of fused-ring (bicyclic) bond motifs is 1. The molecule has 0 bridgehead atoms. The van der Waals surface area contributed by atoms with E-state index in [9.17, 15) is 0 Å². The molecule has 0 amide bonds. The molecule has 0 N–H and O–H groups in total. The largest absolute Gasteiger partial charge is 0.264 e. The number of benzene rings is 4. The summed E-state index contributed by atoms with van der Waals surface area (Å²) in [6, 6.07) is 41.8. The maximum atomic E-state index is 5.04. The van der Waals surface area contributed by atoms with Crippen molar-refractivity contribution in [3.05, 3.63) is 146 Å². The maximum Gasteiger partial charge on any atom is 0.160 e. The fraction of sp³-hybridized carbons (Fsp3) is 0. The van der Waals surface area contributed by atoms with Gasteiger partial charge in [-0.2, -0.15) is 0 Å². The standard InChI is InChI=1S/C36H24N4/c1-2-6-30-21-31(18-13-25(30)5-1)36-39-34(28-14-9-26(10-15-28)32-7-3-19-37-23-32)22-35(40-36)29-16-11-27(12-17-29)33-8-4-20-38-24-33/h1-24H. The SMILES string of the molecule is c1cncc(-c2ccc(-c3cc(-c4ccc(-c5cccnc5)cc4)nc(-c4ccc5ccccc5c4)n3)cc2)c1. The van der Waals surface area contributed by atoms with E-state index in [4.69, 9.17) is 9.97 Å². The van der Waals surface area contributed by atoms with Gasteiger partial charge in [-0.05, 0) is 57.3 Å². The van der Waals surface area contributed by atoms with Crippen LogP contribution in [0.2, 0.25) is 0 Å². The Bertz CT molecular complexity index is 1810. The van der Waals surface area contributed by atoms with E-state index >= 15 is 0 Å². The van der Waals surface area contributed by atoms with Crippen LogP contribution in [0.4, 0.5) is 0 Å². The summed E-state index contributed by atoms with van der Waals surface area (Å²) in [6.07, 6.45) is 7.34. The Kier molecular flexibility index (Phi) is 6.11. The molecule has 4 aromatic carbocycles. The topological polar surface area (TPSA) is 51.6 Å². The molecule has 3 aromatic heterocycles. The van der Waals surface area contributed by atoms with E-state index in [-0.39, 0.29) is 0 Å². The van der Waals surface area contributed by atoms with Crippen LogP contribution in [0.15, 0.2) is 146 Å². The third-order valence-corrected chi connectivity index (χ3v) is 7.08. The second-order valence-corrected chi connectivity index (χ2v) is 9.66. The van der Waals surface area contributed by atoms with Gasteiger partial charge >= 0.3 is 0 Å². The van der Waals surface area contributed by atoms with Crippen LogP contribution in [0.5, 0.6) is 0 Å². The van der Waals surface area contributed by atoms with Gasteiger partial charge in [0, 0.05) is 41.5 Å². The Hall–Kier alpha value is -5.48. The molecule has 3 heterocycles. The van der Waals surface area contributed by atoms with Crippen LogP contribution in [0, 0.1) is 0 Å². The quantitative estimate of drug-likeness (QED) is 0.231. The van der Waals surface area contributed by atoms with Gasteiger partial charge in [0.1, 0.15) is 0 Å². The Balaban J connectivity index is 1.33. The van der Waals surface area contributed by atoms with Crippen LogP contribution in [0.3, 0.4) is 0 Å². The van der Waals surface area contributed by atoms with Crippen molar-refractivity contribution in [2.45, 2.75) is 0 Å². The van der Waals surface area contributed by atoms with E-state index in [0.29, 0.717) is 5.82 Å². The number of hydrogen-bond donors (Lipinski definition) is 0. The van der Waals surface area contributed by atoms with E-state index in [1.54, 1.807) is 12.4 Å². The highest BCUT2D eigenvalue weighted by molar-refractivity contribution is 5.87. The lowest BCUT2D eigenvalue weighted by Crippen LogP contribution is -1.96. The molecule has 188 valence electrons. The predicted octanol–water partition coefficient (Wildman–Crippen LogP) is 8.75. The fourth-order valence-electron chi connectivity index (χ4n) is 4.93. The van der Waals surface area contributed by atoms with Crippen molar-refractivity contribution < 1.29 is 0 Å². The van der Waals surface area contributed by atoms with Gasteiger partial charge in [-0.15, -0.1) is 0 Å². The number of rotatable bonds is 5. The van der Waals surface area contributed by atoms with Gasteiger partial charge in [0.15, 0.2) is 5.82 Å². The van der Waals surface area contributed by atoms with E-state index in [1.165, 1.54) is 5.39 Å². The normalized spacial score (nSPS) is 11.0. The first-order valence-corrected chi connectivity index (χ1v) is 13.2. The van der Waals surface area contributed by atoms with Crippen LogP contribution in [-0.4, -0.2) is 19.9 Å². The monoisotopic (exact) mass is 512 g/mol. The lowest BCUT2D eigenvalue weighted by molar-refractivity contribution is 1.18. The van der Waals surface area contributed by atoms with Gasteiger partial charge in [-0.3, -0.25) is 9.97 Å². The lowest BCUT2D eigenvalue weighted by atomic mass is 10.0. The molecule has 0 radical (unpaired) electrons. The lowest BCUT2D eigenvalue weighted by Gasteiger charge is -2.11. The van der Waals surface area contributed by atoms with Crippen molar-refractivity contribution in [3.63, 3.8) is 0 Å². The molecule has 0 spiro atoms. The molecule has 0 saturated heterocycles. The molecule has 0 aliphatic carbocycles. The van der Waals surface area contributed by atoms with Gasteiger partial charge in [-0.25, -0.2) is 9.97 Å². The molecule has 0 saturated carbocycles. The Labute approximate surface area is 232 Å². The third-order valence-electron chi connectivity index (χ3n) is 7.08. The number of hydrogen-bond acceptors (Lipinski definition) is 4. The van der Waals surface area contributed by atoms with E-state index in [1.807, 2.05) is 24.5 Å². The molecular formula is C36H24N4. The second-order valence-electron chi connectivity index (χ2n) is 9.66. The summed E-state index contributed by atoms with van der Waals surface area (Å²) in [5.74, 6) is 0.700. The second kappa shape index (κ2) is 10.4. The van der Waals surface area contributed by atoms with Crippen molar-refractivity contribution in [1.82, 2.24) is 19.9 Å². The molecule has 0 aliphatic heterocycles. The summed E-state index contributed by atoms with van der Waals surface area (Å²) in [5.41, 5.74) is 9.21. The first-order chi connectivity index (χ1) is 19.8. The van der Waals surface area contributed by atoms with Crippen LogP contribution in [0.1, 0.15) is 0 Å². The van der Waals surface area contributed by atoms with E-state index in [2.05, 4.69) is 119 Å². The van der Waals surface area contributed by atoms with Crippen molar-refractivity contribution in [3.8, 4) is 56.2 Å². The summed E-state index contributed by atoms with van der Waals surface area (Å²) in [7, 11) is 0. The average molecular weight is 513 g/mol. The highest BCUT2D eigenvalue weighted by atomic mass is 14.9. The van der Waals surface area contributed by atoms with Crippen molar-refractivity contribution in [2.75, 3.05) is 0 Å². The Morgan fingerprint density at radius 1 is 0.350 bits per heavy atom. The molecule has 7 rings (SSSR count). The smallest absolute Gasteiger partial charge is 0.160 e. The number of aromatic nitrogens is 4. The summed E-state index contributed by atoms with van der Waals surface area (Å²) in [6.45, 7) is 0. The number of nitrogens with zero attached hydrogens (tertiary/aromatic N) is 4. The van der Waals surface area contributed by atoms with Gasteiger partial charge in [0.05, 0.1) is 11.4 Å². The maximum absolute atomic E-state index is 5.04. The summed E-state index contributed by atoms with van der Waals surface area (Å²) < 4.78 is 0. The van der Waals surface area contributed by atoms with E-state index in [0.717, 1.165) is 55.7 Å². The summed E-state index contributed by atoms with van der Waals surface area (Å²) >= 11 is 0. The predicted molar refractivity (Wildman–Crippen MR) is 162 cm³/mol. The third kappa shape index (κ3) is 4.74. The molecule has 4 nitrogen and oxygen atoms in total. The van der Waals surface area contributed by atoms with Gasteiger partial charge < -0.3 is 0 Å². The van der Waals surface area contributed by atoms with Gasteiger partial charge in [0.25, 0.3) is 0 Å². The summed E-state index contributed by atoms with van der Waals surface area (Å²) in [5, 5.41) is 2.36.